The zero-order valence-electron chi connectivity index (χ0n) is 18.0. The smallest absolute Gasteiger partial charge is 0.249 e. The van der Waals surface area contributed by atoms with Crippen LogP contribution in [0, 0.1) is 18.6 Å². The van der Waals surface area contributed by atoms with Crippen molar-refractivity contribution in [3.8, 4) is 11.3 Å². The highest BCUT2D eigenvalue weighted by Crippen LogP contribution is 2.39. The van der Waals surface area contributed by atoms with E-state index in [1.54, 1.807) is 0 Å². The minimum atomic E-state index is -1.42. The minimum Gasteiger partial charge on any atom is -0.387 e. The van der Waals surface area contributed by atoms with Gasteiger partial charge in [0.1, 0.15) is 41.7 Å². The molecule has 2 aliphatic rings. The van der Waals surface area contributed by atoms with Gasteiger partial charge in [-0.05, 0) is 19.1 Å². The number of halogens is 2. The monoisotopic (exact) mass is 472 g/mol. The minimum absolute atomic E-state index is 0.0766. The van der Waals surface area contributed by atoms with E-state index in [2.05, 4.69) is 10.3 Å². The summed E-state index contributed by atoms with van der Waals surface area (Å²) in [6, 6.07) is 10.6. The van der Waals surface area contributed by atoms with E-state index in [0.717, 1.165) is 17.7 Å². The highest BCUT2D eigenvalue weighted by molar-refractivity contribution is 5.79. The molecule has 3 aromatic rings. The van der Waals surface area contributed by atoms with E-state index in [9.17, 15) is 18.7 Å². The van der Waals surface area contributed by atoms with Gasteiger partial charge in [-0.1, -0.05) is 35.5 Å². The van der Waals surface area contributed by atoms with Crippen LogP contribution in [-0.4, -0.2) is 57.0 Å². The quantitative estimate of drug-likeness (QED) is 0.594. The molecule has 3 N–H and O–H groups in total. The Balaban J connectivity index is 1.50. The summed E-state index contributed by atoms with van der Waals surface area (Å²) in [5, 5.41) is 19.1. The third kappa shape index (κ3) is 3.96. The molecule has 178 valence electrons. The van der Waals surface area contributed by atoms with Crippen LogP contribution in [0.4, 0.5) is 8.78 Å². The topological polar surface area (TPSA) is 122 Å². The molecule has 0 saturated carbocycles. The third-order valence-corrected chi connectivity index (χ3v) is 6.12. The highest BCUT2D eigenvalue weighted by Gasteiger charge is 2.52. The summed E-state index contributed by atoms with van der Waals surface area (Å²) < 4.78 is 47.1. The zero-order valence-corrected chi connectivity index (χ0v) is 18.0. The van der Waals surface area contributed by atoms with Crippen molar-refractivity contribution in [3.63, 3.8) is 0 Å². The van der Waals surface area contributed by atoms with Crippen LogP contribution >= 0.6 is 0 Å². The first-order valence-corrected chi connectivity index (χ1v) is 10.7. The molecule has 0 spiro atoms. The standard InChI is InChI=1S/C23H22F2N4O5/c1-11-14(24)7-13(8-15(11)25)16-9-29(28-27-16)18-19(30)21(22(26)31)33-17-10-32-23(34-20(17)18)12-5-3-2-4-6-12/h2-9,17-21,23,30H,10H2,1H3,(H2,26,31)/t17-,18-,19-,20+,21-,23+/m1/s1. The second-order valence-electron chi connectivity index (χ2n) is 8.30. The number of primary amides is 1. The summed E-state index contributed by atoms with van der Waals surface area (Å²) in [7, 11) is 0. The predicted molar refractivity (Wildman–Crippen MR) is 113 cm³/mol. The Labute approximate surface area is 193 Å². The Morgan fingerprint density at radius 3 is 2.56 bits per heavy atom. The largest absolute Gasteiger partial charge is 0.387 e. The van der Waals surface area contributed by atoms with Crippen LogP contribution in [0.5, 0.6) is 0 Å². The van der Waals surface area contributed by atoms with Crippen molar-refractivity contribution in [2.24, 2.45) is 5.73 Å². The van der Waals surface area contributed by atoms with Crippen molar-refractivity contribution in [1.82, 2.24) is 15.0 Å². The molecule has 2 aliphatic heterocycles. The number of carbonyl (C=O) groups excluding carboxylic acids is 1. The number of amides is 1. The number of fused-ring (bicyclic) bond motifs is 1. The Hall–Kier alpha value is -3.25. The molecule has 9 nitrogen and oxygen atoms in total. The van der Waals surface area contributed by atoms with E-state index in [0.29, 0.717) is 0 Å². The number of ether oxygens (including phenoxy) is 3. The van der Waals surface area contributed by atoms with Gasteiger partial charge >= 0.3 is 0 Å². The van der Waals surface area contributed by atoms with Crippen LogP contribution in [0.25, 0.3) is 11.3 Å². The van der Waals surface area contributed by atoms with Crippen LogP contribution in [0.3, 0.4) is 0 Å². The Morgan fingerprint density at radius 1 is 1.18 bits per heavy atom. The summed E-state index contributed by atoms with van der Waals surface area (Å²) in [6.07, 6.45) is -3.59. The molecule has 1 amide bonds. The molecule has 34 heavy (non-hydrogen) atoms. The van der Waals surface area contributed by atoms with E-state index < -0.39 is 54.3 Å². The fourth-order valence-corrected chi connectivity index (χ4v) is 4.28. The normalized spacial score (nSPS) is 28.9. The number of hydrogen-bond donors (Lipinski definition) is 2. The fourth-order valence-electron chi connectivity index (χ4n) is 4.28. The molecule has 1 aromatic heterocycles. The van der Waals surface area contributed by atoms with Crippen LogP contribution in [0.2, 0.25) is 0 Å². The van der Waals surface area contributed by atoms with Crippen molar-refractivity contribution >= 4 is 5.91 Å². The lowest BCUT2D eigenvalue weighted by atomic mass is 9.91. The maximum atomic E-state index is 14.1. The molecule has 5 rings (SSSR count). The molecular formula is C23H22F2N4O5. The summed E-state index contributed by atoms with van der Waals surface area (Å²) in [6.45, 7) is 1.41. The lowest BCUT2D eigenvalue weighted by Gasteiger charge is -2.47. The molecule has 2 fully saturated rings. The van der Waals surface area contributed by atoms with Crippen molar-refractivity contribution in [2.45, 2.75) is 43.7 Å². The molecule has 3 heterocycles. The second-order valence-corrected chi connectivity index (χ2v) is 8.30. The van der Waals surface area contributed by atoms with Crippen LogP contribution in [0.1, 0.15) is 23.5 Å². The number of aromatic nitrogens is 3. The first-order chi connectivity index (χ1) is 16.3. The third-order valence-electron chi connectivity index (χ3n) is 6.12. The number of nitrogens with zero attached hydrogens (tertiary/aromatic N) is 3. The maximum absolute atomic E-state index is 14.1. The second kappa shape index (κ2) is 8.84. The fraction of sp³-hybridized carbons (Fsp3) is 0.348. The summed E-state index contributed by atoms with van der Waals surface area (Å²) in [5.41, 5.74) is 6.45. The van der Waals surface area contributed by atoms with Crippen molar-refractivity contribution < 1.29 is 32.9 Å². The molecule has 11 heteroatoms. The van der Waals surface area contributed by atoms with Gasteiger partial charge in [0.05, 0.1) is 12.8 Å². The molecule has 0 aliphatic carbocycles. The number of carbonyl (C=O) groups is 1. The van der Waals surface area contributed by atoms with E-state index in [1.165, 1.54) is 17.8 Å². The lowest BCUT2D eigenvalue weighted by Crippen LogP contribution is -2.62. The van der Waals surface area contributed by atoms with Gasteiger partial charge in [0, 0.05) is 16.7 Å². The molecule has 6 atom stereocenters. The number of benzene rings is 2. The summed E-state index contributed by atoms with van der Waals surface area (Å²) in [5.74, 6) is -2.30. The van der Waals surface area contributed by atoms with Gasteiger partial charge in [-0.15, -0.1) is 5.10 Å². The first-order valence-electron chi connectivity index (χ1n) is 10.7. The number of aliphatic hydroxyl groups is 1. The lowest BCUT2D eigenvalue weighted by molar-refractivity contribution is -0.312. The summed E-state index contributed by atoms with van der Waals surface area (Å²) >= 11 is 0. The highest BCUT2D eigenvalue weighted by atomic mass is 19.1. The van der Waals surface area contributed by atoms with E-state index in [-0.39, 0.29) is 23.4 Å². The average Bonchev–Trinajstić information content (AvgIpc) is 3.31. The van der Waals surface area contributed by atoms with Gasteiger partial charge in [-0.2, -0.15) is 0 Å². The Kier molecular flexibility index (Phi) is 5.86. The van der Waals surface area contributed by atoms with Crippen LogP contribution in [-0.2, 0) is 19.0 Å². The van der Waals surface area contributed by atoms with Crippen LogP contribution < -0.4 is 5.73 Å². The number of hydrogen-bond acceptors (Lipinski definition) is 7. The number of rotatable bonds is 4. The first kappa shape index (κ1) is 22.5. The van der Waals surface area contributed by atoms with E-state index in [4.69, 9.17) is 19.9 Å². The van der Waals surface area contributed by atoms with E-state index in [1.807, 2.05) is 30.3 Å². The predicted octanol–water partition coefficient (Wildman–Crippen LogP) is 1.80. The van der Waals surface area contributed by atoms with Crippen molar-refractivity contribution in [1.29, 1.82) is 0 Å². The van der Waals surface area contributed by atoms with Gasteiger partial charge in [-0.25, -0.2) is 13.5 Å². The molecule has 2 aromatic carbocycles. The van der Waals surface area contributed by atoms with Gasteiger partial charge in [0.15, 0.2) is 12.4 Å². The molecule has 0 unspecified atom stereocenters. The molecule has 2 saturated heterocycles. The van der Waals surface area contributed by atoms with Gasteiger partial charge in [-0.3, -0.25) is 4.79 Å². The Bertz CT molecular complexity index is 1180. The Morgan fingerprint density at radius 2 is 1.88 bits per heavy atom. The molecule has 0 radical (unpaired) electrons. The van der Waals surface area contributed by atoms with E-state index >= 15 is 0 Å². The van der Waals surface area contributed by atoms with Crippen molar-refractivity contribution in [3.05, 3.63) is 71.4 Å². The van der Waals surface area contributed by atoms with Gasteiger partial charge in [0.2, 0.25) is 5.91 Å². The number of aliphatic hydroxyl groups excluding tert-OH is 1. The molecule has 0 bridgehead atoms. The average molecular weight is 472 g/mol. The van der Waals surface area contributed by atoms with Crippen molar-refractivity contribution in [2.75, 3.05) is 6.61 Å². The number of nitrogens with two attached hydrogens (primary N) is 1. The van der Waals surface area contributed by atoms with Crippen LogP contribution in [0.15, 0.2) is 48.7 Å². The zero-order chi connectivity index (χ0) is 24.0. The van der Waals surface area contributed by atoms with Gasteiger partial charge < -0.3 is 25.1 Å². The summed E-state index contributed by atoms with van der Waals surface area (Å²) in [4.78, 5) is 12.0. The maximum Gasteiger partial charge on any atom is 0.249 e. The van der Waals surface area contributed by atoms with Gasteiger partial charge in [0.25, 0.3) is 0 Å². The SMILES string of the molecule is Cc1c(F)cc(-c2cn([C@@H]3[C@@H](O)[C@H](C(N)=O)O[C@@H]4CO[C@H](c5ccccc5)O[C@H]34)nn2)cc1F. The molecular weight excluding hydrogens is 450 g/mol.